The van der Waals surface area contributed by atoms with Crippen molar-refractivity contribution in [1.82, 2.24) is 4.90 Å². The minimum Gasteiger partial charge on any atom is -0.465 e. The minimum absolute atomic E-state index is 0.0617. The molecular weight excluding hydrogens is 254 g/mol. The first-order valence-electron chi connectivity index (χ1n) is 5.99. The third-order valence-corrected chi connectivity index (χ3v) is 3.60. The van der Waals surface area contributed by atoms with E-state index in [2.05, 4.69) is 0 Å². The number of nitrogens with zero attached hydrogens (tertiary/aromatic N) is 1. The molecule has 1 heterocycles. The minimum atomic E-state index is -0.919. The lowest BCUT2D eigenvalue weighted by Gasteiger charge is -2.33. The van der Waals surface area contributed by atoms with Gasteiger partial charge in [0.15, 0.2) is 0 Å². The summed E-state index contributed by atoms with van der Waals surface area (Å²) in [5.74, 6) is -0.0617. The summed E-state index contributed by atoms with van der Waals surface area (Å²) in [5, 5.41) is 19.8. The number of piperidine rings is 1. The van der Waals surface area contributed by atoms with Gasteiger partial charge in [0, 0.05) is 24.0 Å². The number of aliphatic hydroxyl groups excluding tert-OH is 1. The fourth-order valence-electron chi connectivity index (χ4n) is 2.40. The summed E-state index contributed by atoms with van der Waals surface area (Å²) >= 11 is 5.89. The van der Waals surface area contributed by atoms with Gasteiger partial charge < -0.3 is 15.1 Å². The van der Waals surface area contributed by atoms with E-state index in [4.69, 9.17) is 16.7 Å². The lowest BCUT2D eigenvalue weighted by molar-refractivity contribution is 0.0503. The second-order valence-corrected chi connectivity index (χ2v) is 5.07. The van der Waals surface area contributed by atoms with Gasteiger partial charge in [-0.3, -0.25) is 0 Å². The van der Waals surface area contributed by atoms with E-state index in [9.17, 15) is 9.90 Å². The van der Waals surface area contributed by atoms with Crippen LogP contribution in [0.4, 0.5) is 4.79 Å². The van der Waals surface area contributed by atoms with Crippen molar-refractivity contribution in [3.05, 3.63) is 34.9 Å². The molecule has 0 spiro atoms. The maximum Gasteiger partial charge on any atom is 0.407 e. The van der Waals surface area contributed by atoms with Gasteiger partial charge in [0.2, 0.25) is 0 Å². The maximum absolute atomic E-state index is 10.9. The van der Waals surface area contributed by atoms with Gasteiger partial charge in [-0.25, -0.2) is 4.79 Å². The molecule has 1 aromatic rings. The van der Waals surface area contributed by atoms with E-state index in [0.29, 0.717) is 18.1 Å². The molecule has 98 valence electrons. The molecule has 18 heavy (non-hydrogen) atoms. The molecule has 1 aromatic carbocycles. The smallest absolute Gasteiger partial charge is 0.407 e. The third kappa shape index (κ3) is 2.94. The Kier molecular flexibility index (Phi) is 4.09. The zero-order valence-corrected chi connectivity index (χ0v) is 10.7. The predicted octanol–water partition coefficient (Wildman–Crippen LogP) is 2.76. The number of carbonyl (C=O) groups is 1. The van der Waals surface area contributed by atoms with Crippen LogP contribution in [0, 0.1) is 5.92 Å². The van der Waals surface area contributed by atoms with Gasteiger partial charge in [-0.05, 0) is 30.5 Å². The molecule has 1 aliphatic rings. The Labute approximate surface area is 111 Å². The van der Waals surface area contributed by atoms with Gasteiger partial charge in [0.25, 0.3) is 0 Å². The number of halogens is 1. The van der Waals surface area contributed by atoms with Gasteiger partial charge in [0.1, 0.15) is 0 Å². The number of carboxylic acid groups (broad SMARTS) is 1. The van der Waals surface area contributed by atoms with Gasteiger partial charge in [0.05, 0.1) is 6.10 Å². The van der Waals surface area contributed by atoms with E-state index in [1.54, 1.807) is 18.2 Å². The second-order valence-electron chi connectivity index (χ2n) is 4.63. The van der Waals surface area contributed by atoms with Crippen LogP contribution in [-0.2, 0) is 0 Å². The van der Waals surface area contributed by atoms with Crippen LogP contribution in [0.5, 0.6) is 0 Å². The molecule has 0 aromatic heterocycles. The van der Waals surface area contributed by atoms with E-state index >= 15 is 0 Å². The number of likely N-dealkylation sites (tertiary alicyclic amines) is 1. The number of benzene rings is 1. The van der Waals surface area contributed by atoms with Gasteiger partial charge in [-0.15, -0.1) is 0 Å². The molecule has 1 fully saturated rings. The summed E-state index contributed by atoms with van der Waals surface area (Å²) < 4.78 is 0. The Balaban J connectivity index is 2.09. The van der Waals surface area contributed by atoms with Crippen LogP contribution in [0.15, 0.2) is 24.3 Å². The molecule has 1 amide bonds. The summed E-state index contributed by atoms with van der Waals surface area (Å²) in [4.78, 5) is 12.3. The van der Waals surface area contributed by atoms with Crippen molar-refractivity contribution in [3.8, 4) is 0 Å². The third-order valence-electron chi connectivity index (χ3n) is 3.37. The average molecular weight is 270 g/mol. The Morgan fingerprint density at radius 3 is 2.94 bits per heavy atom. The zero-order chi connectivity index (χ0) is 13.1. The first-order valence-corrected chi connectivity index (χ1v) is 6.37. The Morgan fingerprint density at radius 2 is 2.28 bits per heavy atom. The Bertz CT molecular complexity index is 438. The summed E-state index contributed by atoms with van der Waals surface area (Å²) in [6.07, 6.45) is 0.0373. The topological polar surface area (TPSA) is 60.8 Å². The first-order chi connectivity index (χ1) is 8.58. The van der Waals surface area contributed by atoms with Gasteiger partial charge in [-0.1, -0.05) is 23.7 Å². The zero-order valence-electron chi connectivity index (χ0n) is 9.92. The van der Waals surface area contributed by atoms with E-state index in [1.165, 1.54) is 4.90 Å². The molecule has 0 saturated carbocycles. The molecule has 2 rings (SSSR count). The van der Waals surface area contributed by atoms with Crippen molar-refractivity contribution in [1.29, 1.82) is 0 Å². The maximum atomic E-state index is 10.9. The quantitative estimate of drug-likeness (QED) is 0.868. The summed E-state index contributed by atoms with van der Waals surface area (Å²) in [6.45, 7) is 0.928. The lowest BCUT2D eigenvalue weighted by Crippen LogP contribution is -2.40. The van der Waals surface area contributed by atoms with E-state index in [-0.39, 0.29) is 5.92 Å². The van der Waals surface area contributed by atoms with Crippen molar-refractivity contribution in [2.24, 2.45) is 5.92 Å². The van der Waals surface area contributed by atoms with E-state index in [1.807, 2.05) is 6.07 Å². The van der Waals surface area contributed by atoms with Crippen molar-refractivity contribution >= 4 is 17.7 Å². The SMILES string of the molecule is O=C(O)N1CCC[C@@H](C(O)c2cccc(Cl)c2)C1. The highest BCUT2D eigenvalue weighted by molar-refractivity contribution is 6.30. The van der Waals surface area contributed by atoms with Crippen molar-refractivity contribution < 1.29 is 15.0 Å². The average Bonchev–Trinajstić information content (AvgIpc) is 2.38. The lowest BCUT2D eigenvalue weighted by atomic mass is 9.89. The molecule has 0 aliphatic carbocycles. The summed E-state index contributed by atoms with van der Waals surface area (Å²) in [7, 11) is 0. The number of amides is 1. The van der Waals surface area contributed by atoms with Crippen LogP contribution >= 0.6 is 11.6 Å². The van der Waals surface area contributed by atoms with Crippen LogP contribution in [0.1, 0.15) is 24.5 Å². The van der Waals surface area contributed by atoms with Crippen molar-refractivity contribution in [2.45, 2.75) is 18.9 Å². The molecule has 0 bridgehead atoms. The normalized spacial score (nSPS) is 21.7. The Morgan fingerprint density at radius 1 is 1.50 bits per heavy atom. The van der Waals surface area contributed by atoms with Crippen LogP contribution in [-0.4, -0.2) is 34.3 Å². The number of hydrogen-bond acceptors (Lipinski definition) is 2. The summed E-state index contributed by atoms with van der Waals surface area (Å²) in [6, 6.07) is 7.09. The van der Waals surface area contributed by atoms with Gasteiger partial charge in [-0.2, -0.15) is 0 Å². The highest BCUT2D eigenvalue weighted by Gasteiger charge is 2.29. The monoisotopic (exact) mass is 269 g/mol. The first kappa shape index (κ1) is 13.2. The number of hydrogen-bond donors (Lipinski definition) is 2. The predicted molar refractivity (Wildman–Crippen MR) is 68.7 cm³/mol. The van der Waals surface area contributed by atoms with Crippen LogP contribution in [0.3, 0.4) is 0 Å². The molecule has 2 N–H and O–H groups in total. The molecule has 5 heteroatoms. The molecule has 4 nitrogen and oxygen atoms in total. The van der Waals surface area contributed by atoms with E-state index < -0.39 is 12.2 Å². The molecule has 2 atom stereocenters. The van der Waals surface area contributed by atoms with Crippen molar-refractivity contribution in [2.75, 3.05) is 13.1 Å². The molecule has 1 aliphatic heterocycles. The van der Waals surface area contributed by atoms with Crippen molar-refractivity contribution in [3.63, 3.8) is 0 Å². The number of rotatable bonds is 2. The fraction of sp³-hybridized carbons (Fsp3) is 0.462. The van der Waals surface area contributed by atoms with E-state index in [0.717, 1.165) is 18.4 Å². The van der Waals surface area contributed by atoms with Crippen LogP contribution in [0.25, 0.3) is 0 Å². The Hall–Kier alpha value is -1.26. The number of aliphatic hydroxyl groups is 1. The fourth-order valence-corrected chi connectivity index (χ4v) is 2.60. The highest BCUT2D eigenvalue weighted by atomic mass is 35.5. The van der Waals surface area contributed by atoms with Crippen LogP contribution in [0.2, 0.25) is 5.02 Å². The largest absolute Gasteiger partial charge is 0.465 e. The van der Waals surface area contributed by atoms with Crippen LogP contribution < -0.4 is 0 Å². The molecule has 1 unspecified atom stereocenters. The molecule has 1 saturated heterocycles. The molecule has 0 radical (unpaired) electrons. The van der Waals surface area contributed by atoms with Gasteiger partial charge >= 0.3 is 6.09 Å². The second kappa shape index (κ2) is 5.59. The molecular formula is C13H16ClNO3. The standard InChI is InChI=1S/C13H16ClNO3/c14-11-5-1-3-9(7-11)12(16)10-4-2-6-15(8-10)13(17)18/h1,3,5,7,10,12,16H,2,4,6,8H2,(H,17,18)/t10-,12?/m1/s1. The summed E-state index contributed by atoms with van der Waals surface area (Å²) in [5.41, 5.74) is 0.750. The highest BCUT2D eigenvalue weighted by Crippen LogP contribution is 2.30.